The molecule has 1 spiro atoms. The van der Waals surface area contributed by atoms with Gasteiger partial charge in [0.15, 0.2) is 5.82 Å². The summed E-state index contributed by atoms with van der Waals surface area (Å²) in [6, 6.07) is 9.74. The maximum absolute atomic E-state index is 14.1. The third-order valence-corrected chi connectivity index (χ3v) is 7.17. The summed E-state index contributed by atoms with van der Waals surface area (Å²) in [5.74, 6) is 1.05. The van der Waals surface area contributed by atoms with Gasteiger partial charge in [-0.25, -0.2) is 19.3 Å². The number of nitrogens with zero attached hydrogens (tertiary/aromatic N) is 4. The van der Waals surface area contributed by atoms with Gasteiger partial charge in [-0.2, -0.15) is 0 Å². The van der Waals surface area contributed by atoms with Crippen LogP contribution in [0, 0.1) is 17.2 Å². The predicted octanol–water partition coefficient (Wildman–Crippen LogP) is 4.05. The molecule has 1 aromatic carbocycles. The first-order chi connectivity index (χ1) is 15.0. The standard InChI is InChI=1S/C23H19ClFN5O/c24-14-2-5-19(28-11-14)29-18-10-23-9-13(23)12-30(20(18)23)22(31)17-8-15(25)3-4-16(17)21-26-6-1-7-27-21/h1-8,11,13,18,20H,9-10,12H2,(H,28,29). The summed E-state index contributed by atoms with van der Waals surface area (Å²) in [7, 11) is 0. The zero-order valence-electron chi connectivity index (χ0n) is 16.5. The number of piperidine rings is 1. The lowest BCUT2D eigenvalue weighted by atomic mass is 9.71. The van der Waals surface area contributed by atoms with Crippen molar-refractivity contribution in [2.24, 2.45) is 11.3 Å². The van der Waals surface area contributed by atoms with Crippen LogP contribution in [0.1, 0.15) is 23.2 Å². The molecule has 6 nitrogen and oxygen atoms in total. The summed E-state index contributed by atoms with van der Waals surface area (Å²) in [4.78, 5) is 28.4. The van der Waals surface area contributed by atoms with Gasteiger partial charge in [-0.05, 0) is 60.6 Å². The van der Waals surface area contributed by atoms with Gasteiger partial charge in [-0.1, -0.05) is 11.6 Å². The fourth-order valence-corrected chi connectivity index (χ4v) is 5.60. The van der Waals surface area contributed by atoms with E-state index in [-0.39, 0.29) is 23.4 Å². The van der Waals surface area contributed by atoms with Crippen LogP contribution < -0.4 is 5.32 Å². The van der Waals surface area contributed by atoms with E-state index < -0.39 is 5.82 Å². The third kappa shape index (κ3) is 2.91. The molecule has 0 radical (unpaired) electrons. The van der Waals surface area contributed by atoms with Crippen LogP contribution in [0.2, 0.25) is 5.02 Å². The molecule has 8 heteroatoms. The van der Waals surface area contributed by atoms with Crippen LogP contribution in [-0.4, -0.2) is 44.4 Å². The predicted molar refractivity (Wildman–Crippen MR) is 114 cm³/mol. The number of hydrogen-bond donors (Lipinski definition) is 1. The number of anilines is 1. The van der Waals surface area contributed by atoms with Gasteiger partial charge < -0.3 is 10.2 Å². The lowest BCUT2D eigenvalue weighted by Gasteiger charge is -2.48. The van der Waals surface area contributed by atoms with Crippen molar-refractivity contribution < 1.29 is 9.18 Å². The number of nitrogens with one attached hydrogen (secondary N) is 1. The Morgan fingerprint density at radius 3 is 2.77 bits per heavy atom. The minimum absolute atomic E-state index is 0.0651. The van der Waals surface area contributed by atoms with E-state index >= 15 is 0 Å². The topological polar surface area (TPSA) is 71.0 Å². The van der Waals surface area contributed by atoms with Gasteiger partial charge in [0.25, 0.3) is 5.91 Å². The Balaban J connectivity index is 1.31. The van der Waals surface area contributed by atoms with Crippen molar-refractivity contribution >= 4 is 23.3 Å². The number of amides is 1. The van der Waals surface area contributed by atoms with E-state index in [4.69, 9.17) is 11.6 Å². The van der Waals surface area contributed by atoms with Crippen LogP contribution >= 0.6 is 11.6 Å². The van der Waals surface area contributed by atoms with E-state index in [9.17, 15) is 9.18 Å². The van der Waals surface area contributed by atoms with Crippen molar-refractivity contribution in [2.75, 3.05) is 11.9 Å². The molecule has 2 aliphatic carbocycles. The number of carbonyl (C=O) groups is 1. The van der Waals surface area contributed by atoms with E-state index in [0.29, 0.717) is 34.4 Å². The molecule has 4 unspecified atom stereocenters. The number of aromatic nitrogens is 3. The summed E-state index contributed by atoms with van der Waals surface area (Å²) in [5.41, 5.74) is 1.04. The molecule has 3 aliphatic rings. The molecule has 3 fully saturated rings. The van der Waals surface area contributed by atoms with E-state index in [2.05, 4.69) is 20.3 Å². The molecular weight excluding hydrogens is 417 g/mol. The zero-order chi connectivity index (χ0) is 21.2. The van der Waals surface area contributed by atoms with Crippen LogP contribution in [0.15, 0.2) is 55.0 Å². The van der Waals surface area contributed by atoms with E-state index in [1.807, 2.05) is 11.0 Å². The molecule has 1 N–H and O–H groups in total. The second kappa shape index (κ2) is 6.72. The molecule has 1 saturated heterocycles. The molecule has 4 atom stereocenters. The first-order valence-corrected chi connectivity index (χ1v) is 10.7. The second-order valence-electron chi connectivity index (χ2n) is 8.62. The first-order valence-electron chi connectivity index (χ1n) is 10.3. The van der Waals surface area contributed by atoms with Gasteiger partial charge in [-0.15, -0.1) is 0 Å². The second-order valence-corrected chi connectivity index (χ2v) is 9.05. The summed E-state index contributed by atoms with van der Waals surface area (Å²) in [6.45, 7) is 0.696. The number of hydrogen-bond acceptors (Lipinski definition) is 5. The number of likely N-dealkylation sites (tertiary alicyclic amines) is 1. The normalized spacial score (nSPS) is 27.8. The minimum Gasteiger partial charge on any atom is -0.365 e. The number of benzene rings is 1. The Kier molecular flexibility index (Phi) is 4.05. The Hall–Kier alpha value is -3.06. The monoisotopic (exact) mass is 435 g/mol. The van der Waals surface area contributed by atoms with Gasteiger partial charge >= 0.3 is 0 Å². The Morgan fingerprint density at radius 2 is 2.00 bits per heavy atom. The molecule has 6 rings (SSSR count). The van der Waals surface area contributed by atoms with Gasteiger partial charge in [0.05, 0.1) is 16.6 Å². The van der Waals surface area contributed by atoms with Gasteiger partial charge in [0.2, 0.25) is 0 Å². The molecule has 31 heavy (non-hydrogen) atoms. The Labute approximate surface area is 183 Å². The van der Waals surface area contributed by atoms with Crippen molar-refractivity contribution in [3.8, 4) is 11.4 Å². The van der Waals surface area contributed by atoms with Crippen molar-refractivity contribution in [2.45, 2.75) is 24.9 Å². The highest BCUT2D eigenvalue weighted by Gasteiger charge is 2.75. The summed E-state index contributed by atoms with van der Waals surface area (Å²) in [6.07, 6.45) is 6.99. The van der Waals surface area contributed by atoms with Crippen LogP contribution in [0.3, 0.4) is 0 Å². The summed E-state index contributed by atoms with van der Waals surface area (Å²) < 4.78 is 14.1. The van der Waals surface area contributed by atoms with Crippen molar-refractivity contribution in [3.63, 3.8) is 0 Å². The number of halogens is 2. The highest BCUT2D eigenvalue weighted by molar-refractivity contribution is 6.30. The fourth-order valence-electron chi connectivity index (χ4n) is 5.49. The van der Waals surface area contributed by atoms with E-state index in [1.54, 1.807) is 36.8 Å². The lowest BCUT2D eigenvalue weighted by molar-refractivity contribution is 0.0472. The van der Waals surface area contributed by atoms with Crippen LogP contribution in [-0.2, 0) is 0 Å². The fraction of sp³-hybridized carbons (Fsp3) is 0.304. The summed E-state index contributed by atoms with van der Waals surface area (Å²) >= 11 is 5.94. The van der Waals surface area contributed by atoms with Crippen LogP contribution in [0.4, 0.5) is 10.2 Å². The highest BCUT2D eigenvalue weighted by atomic mass is 35.5. The molecule has 1 aliphatic heterocycles. The van der Waals surface area contributed by atoms with Gasteiger partial charge in [0.1, 0.15) is 11.6 Å². The number of rotatable bonds is 4. The molecule has 156 valence electrons. The van der Waals surface area contributed by atoms with E-state index in [1.165, 1.54) is 12.1 Å². The maximum Gasteiger partial charge on any atom is 0.255 e. The van der Waals surface area contributed by atoms with Crippen molar-refractivity contribution in [3.05, 3.63) is 71.4 Å². The molecule has 1 amide bonds. The van der Waals surface area contributed by atoms with Crippen molar-refractivity contribution in [1.82, 2.24) is 19.9 Å². The average Bonchev–Trinajstić information content (AvgIpc) is 3.43. The van der Waals surface area contributed by atoms with Crippen LogP contribution in [0.25, 0.3) is 11.4 Å². The summed E-state index contributed by atoms with van der Waals surface area (Å²) in [5, 5.41) is 4.04. The molecule has 3 heterocycles. The Morgan fingerprint density at radius 1 is 1.16 bits per heavy atom. The smallest absolute Gasteiger partial charge is 0.255 e. The van der Waals surface area contributed by atoms with Gasteiger partial charge in [0, 0.05) is 36.7 Å². The van der Waals surface area contributed by atoms with E-state index in [0.717, 1.165) is 18.7 Å². The number of carbonyl (C=O) groups excluding carboxylic acids is 1. The third-order valence-electron chi connectivity index (χ3n) is 6.94. The Bertz CT molecular complexity index is 1170. The van der Waals surface area contributed by atoms with Crippen LogP contribution in [0.5, 0.6) is 0 Å². The zero-order valence-corrected chi connectivity index (χ0v) is 17.3. The number of pyridine rings is 1. The van der Waals surface area contributed by atoms with Gasteiger partial charge in [-0.3, -0.25) is 4.79 Å². The molecule has 3 aromatic rings. The quantitative estimate of drug-likeness (QED) is 0.669. The molecule has 0 bridgehead atoms. The van der Waals surface area contributed by atoms with Crippen molar-refractivity contribution in [1.29, 1.82) is 0 Å². The molecule has 2 aromatic heterocycles. The first kappa shape index (κ1) is 18.7. The highest BCUT2D eigenvalue weighted by Crippen LogP contribution is 2.71. The maximum atomic E-state index is 14.1. The molecular formula is C23H19ClFN5O. The lowest BCUT2D eigenvalue weighted by Crippen LogP contribution is -2.60. The molecule has 2 saturated carbocycles. The minimum atomic E-state index is -0.448. The average molecular weight is 436 g/mol. The largest absolute Gasteiger partial charge is 0.365 e. The SMILES string of the molecule is O=C(c1cc(F)ccc1-c1ncccn1)N1CC2CC23CC(Nc2ccc(Cl)cn2)C13.